The molecule has 4 heteroatoms. The Hall–Kier alpha value is -3.40. The molecule has 3 rings (SSSR count). The summed E-state index contributed by atoms with van der Waals surface area (Å²) in [6, 6.07) is 26.4. The second-order valence-corrected chi connectivity index (χ2v) is 7.40. The maximum Gasteiger partial charge on any atom is 0.258 e. The van der Waals surface area contributed by atoms with E-state index in [0.29, 0.717) is 30.1 Å². The van der Waals surface area contributed by atoms with Crippen molar-refractivity contribution >= 4 is 17.5 Å². The molecule has 0 bridgehead atoms. The number of carbonyl (C=O) groups excluding carboxylic acids is 2. The van der Waals surface area contributed by atoms with E-state index in [2.05, 4.69) is 5.32 Å². The first kappa shape index (κ1) is 20.3. The molecular weight excluding hydrogens is 360 g/mol. The Morgan fingerprint density at radius 3 is 2.10 bits per heavy atom. The molecule has 0 fully saturated rings. The van der Waals surface area contributed by atoms with Gasteiger partial charge in [-0.3, -0.25) is 9.59 Å². The number of anilines is 1. The fourth-order valence-electron chi connectivity index (χ4n) is 3.00. The summed E-state index contributed by atoms with van der Waals surface area (Å²) in [6.45, 7) is 5.14. The summed E-state index contributed by atoms with van der Waals surface area (Å²) in [4.78, 5) is 27.5. The molecule has 0 saturated heterocycles. The minimum atomic E-state index is -0.164. The topological polar surface area (TPSA) is 49.4 Å². The van der Waals surface area contributed by atoms with E-state index in [1.165, 1.54) is 0 Å². The highest BCUT2D eigenvalue weighted by molar-refractivity contribution is 6.07. The lowest BCUT2D eigenvalue weighted by molar-refractivity contribution is 0.0949. The summed E-state index contributed by atoms with van der Waals surface area (Å²) in [6.07, 6.45) is 0. The SMILES string of the molecule is CC(C)CNC(=O)c1cccc(C(=O)N(Cc2ccccc2)c2ccccc2)c1. The molecule has 0 radical (unpaired) electrons. The van der Waals surface area contributed by atoms with Crippen molar-refractivity contribution in [3.05, 3.63) is 102 Å². The zero-order valence-electron chi connectivity index (χ0n) is 16.8. The number of nitrogens with one attached hydrogen (secondary N) is 1. The van der Waals surface area contributed by atoms with Gasteiger partial charge in [0, 0.05) is 23.4 Å². The number of rotatable bonds is 7. The molecular formula is C25H26N2O2. The van der Waals surface area contributed by atoms with E-state index in [1.807, 2.05) is 74.5 Å². The number of hydrogen-bond donors (Lipinski definition) is 1. The predicted molar refractivity (Wildman–Crippen MR) is 117 cm³/mol. The molecule has 0 unspecified atom stereocenters. The van der Waals surface area contributed by atoms with Gasteiger partial charge in [0.2, 0.25) is 0 Å². The first-order chi connectivity index (χ1) is 14.0. The molecule has 0 aliphatic rings. The van der Waals surface area contributed by atoms with Crippen molar-refractivity contribution in [3.63, 3.8) is 0 Å². The number of nitrogens with zero attached hydrogens (tertiary/aromatic N) is 1. The largest absolute Gasteiger partial charge is 0.352 e. The number of carbonyl (C=O) groups is 2. The molecule has 0 aromatic heterocycles. The number of hydrogen-bond acceptors (Lipinski definition) is 2. The first-order valence-electron chi connectivity index (χ1n) is 9.83. The van der Waals surface area contributed by atoms with E-state index < -0.39 is 0 Å². The smallest absolute Gasteiger partial charge is 0.258 e. The van der Waals surface area contributed by atoms with Crippen LogP contribution in [0.15, 0.2) is 84.9 Å². The Morgan fingerprint density at radius 1 is 0.828 bits per heavy atom. The normalized spacial score (nSPS) is 10.6. The maximum absolute atomic E-state index is 13.4. The van der Waals surface area contributed by atoms with Crippen LogP contribution in [0.1, 0.15) is 40.1 Å². The van der Waals surface area contributed by atoms with Crippen LogP contribution < -0.4 is 10.2 Å². The Kier molecular flexibility index (Phi) is 6.80. The molecule has 4 nitrogen and oxygen atoms in total. The van der Waals surface area contributed by atoms with Gasteiger partial charge in [-0.1, -0.05) is 68.4 Å². The van der Waals surface area contributed by atoms with Crippen molar-refractivity contribution in [2.75, 3.05) is 11.4 Å². The van der Waals surface area contributed by atoms with E-state index in [4.69, 9.17) is 0 Å². The average molecular weight is 386 g/mol. The summed E-state index contributed by atoms with van der Waals surface area (Å²) in [5.74, 6) is 0.0597. The molecule has 0 saturated carbocycles. The van der Waals surface area contributed by atoms with Gasteiger partial charge in [-0.05, 0) is 41.8 Å². The van der Waals surface area contributed by atoms with Crippen molar-refractivity contribution in [3.8, 4) is 0 Å². The van der Waals surface area contributed by atoms with Crippen LogP contribution in [0.25, 0.3) is 0 Å². The van der Waals surface area contributed by atoms with Gasteiger partial charge in [0.25, 0.3) is 11.8 Å². The van der Waals surface area contributed by atoms with Crippen molar-refractivity contribution in [2.24, 2.45) is 5.92 Å². The summed E-state index contributed by atoms with van der Waals surface area (Å²) >= 11 is 0. The minimum Gasteiger partial charge on any atom is -0.352 e. The highest BCUT2D eigenvalue weighted by Crippen LogP contribution is 2.20. The van der Waals surface area contributed by atoms with Crippen LogP contribution in [0.4, 0.5) is 5.69 Å². The van der Waals surface area contributed by atoms with E-state index in [0.717, 1.165) is 11.3 Å². The van der Waals surface area contributed by atoms with Gasteiger partial charge in [0.15, 0.2) is 0 Å². The standard InChI is InChI=1S/C25H26N2O2/c1-19(2)17-26-24(28)21-12-9-13-22(16-21)25(29)27(23-14-7-4-8-15-23)18-20-10-5-3-6-11-20/h3-16,19H,17-18H2,1-2H3,(H,26,28). The average Bonchev–Trinajstić information content (AvgIpc) is 2.76. The van der Waals surface area contributed by atoms with E-state index >= 15 is 0 Å². The lowest BCUT2D eigenvalue weighted by Gasteiger charge is -2.23. The molecule has 0 heterocycles. The fraction of sp³-hybridized carbons (Fsp3) is 0.200. The fourth-order valence-corrected chi connectivity index (χ4v) is 3.00. The van der Waals surface area contributed by atoms with Crippen molar-refractivity contribution in [1.82, 2.24) is 5.32 Å². The molecule has 3 aromatic carbocycles. The zero-order valence-corrected chi connectivity index (χ0v) is 16.8. The van der Waals surface area contributed by atoms with E-state index in [9.17, 15) is 9.59 Å². The second-order valence-electron chi connectivity index (χ2n) is 7.40. The number of amides is 2. The zero-order chi connectivity index (χ0) is 20.6. The number of benzene rings is 3. The quantitative estimate of drug-likeness (QED) is 0.627. The molecule has 1 N–H and O–H groups in total. The second kappa shape index (κ2) is 9.69. The van der Waals surface area contributed by atoms with Crippen LogP contribution in [-0.4, -0.2) is 18.4 Å². The Balaban J connectivity index is 1.88. The summed E-state index contributed by atoms with van der Waals surface area (Å²) in [7, 11) is 0. The predicted octanol–water partition coefficient (Wildman–Crippen LogP) is 4.92. The van der Waals surface area contributed by atoms with Gasteiger partial charge in [0.05, 0.1) is 6.54 Å². The molecule has 29 heavy (non-hydrogen) atoms. The van der Waals surface area contributed by atoms with Gasteiger partial charge >= 0.3 is 0 Å². The third kappa shape index (κ3) is 5.55. The Labute approximate surface area is 172 Å². The van der Waals surface area contributed by atoms with Crippen molar-refractivity contribution in [2.45, 2.75) is 20.4 Å². The van der Waals surface area contributed by atoms with Crippen LogP contribution in [0.5, 0.6) is 0 Å². The van der Waals surface area contributed by atoms with E-state index in [-0.39, 0.29) is 11.8 Å². The lowest BCUT2D eigenvalue weighted by atomic mass is 10.1. The third-order valence-electron chi connectivity index (χ3n) is 4.54. The molecule has 0 spiro atoms. The highest BCUT2D eigenvalue weighted by Gasteiger charge is 2.19. The van der Waals surface area contributed by atoms with Crippen molar-refractivity contribution < 1.29 is 9.59 Å². The molecule has 0 aliphatic carbocycles. The molecule has 0 atom stereocenters. The monoisotopic (exact) mass is 386 g/mol. The highest BCUT2D eigenvalue weighted by atomic mass is 16.2. The van der Waals surface area contributed by atoms with Crippen LogP contribution in [0.3, 0.4) is 0 Å². The van der Waals surface area contributed by atoms with Crippen LogP contribution in [0.2, 0.25) is 0 Å². The first-order valence-corrected chi connectivity index (χ1v) is 9.83. The molecule has 0 aliphatic heterocycles. The molecule has 3 aromatic rings. The molecule has 2 amide bonds. The maximum atomic E-state index is 13.4. The summed E-state index contributed by atoms with van der Waals surface area (Å²) in [5.41, 5.74) is 2.83. The summed E-state index contributed by atoms with van der Waals surface area (Å²) in [5, 5.41) is 2.90. The van der Waals surface area contributed by atoms with Gasteiger partial charge in [0.1, 0.15) is 0 Å². The number of para-hydroxylation sites is 1. The van der Waals surface area contributed by atoms with Crippen LogP contribution in [0, 0.1) is 5.92 Å². The van der Waals surface area contributed by atoms with Gasteiger partial charge in [-0.25, -0.2) is 0 Å². The van der Waals surface area contributed by atoms with Gasteiger partial charge in [-0.15, -0.1) is 0 Å². The minimum absolute atomic E-state index is 0.140. The van der Waals surface area contributed by atoms with Crippen LogP contribution in [-0.2, 0) is 6.54 Å². The van der Waals surface area contributed by atoms with Gasteiger partial charge < -0.3 is 10.2 Å². The Morgan fingerprint density at radius 2 is 1.45 bits per heavy atom. The van der Waals surface area contributed by atoms with Crippen LogP contribution >= 0.6 is 0 Å². The van der Waals surface area contributed by atoms with E-state index in [1.54, 1.807) is 29.2 Å². The Bertz CT molecular complexity index is 953. The summed E-state index contributed by atoms with van der Waals surface area (Å²) < 4.78 is 0. The lowest BCUT2D eigenvalue weighted by Crippen LogP contribution is -2.31. The third-order valence-corrected chi connectivity index (χ3v) is 4.54. The van der Waals surface area contributed by atoms with Crippen molar-refractivity contribution in [1.29, 1.82) is 0 Å². The molecule has 148 valence electrons. The van der Waals surface area contributed by atoms with Gasteiger partial charge in [-0.2, -0.15) is 0 Å².